The maximum atomic E-state index is 12.3. The second-order valence-electron chi connectivity index (χ2n) is 7.53. The number of para-hydroxylation sites is 1. The Bertz CT molecular complexity index is 1030. The highest BCUT2D eigenvalue weighted by Gasteiger charge is 2.24. The van der Waals surface area contributed by atoms with E-state index in [9.17, 15) is 4.79 Å². The summed E-state index contributed by atoms with van der Waals surface area (Å²) in [6.45, 7) is 9.41. The molecule has 4 rings (SSSR count). The number of furan rings is 1. The van der Waals surface area contributed by atoms with E-state index in [1.165, 1.54) is 6.26 Å². The van der Waals surface area contributed by atoms with Crippen molar-refractivity contribution in [1.82, 2.24) is 25.0 Å². The zero-order valence-electron chi connectivity index (χ0n) is 17.7. The number of hydrogen-bond donors (Lipinski definition) is 1. The summed E-state index contributed by atoms with van der Waals surface area (Å²) in [5.41, 5.74) is 1.15. The van der Waals surface area contributed by atoms with E-state index < -0.39 is 0 Å². The maximum Gasteiger partial charge on any atom is 0.287 e. The Morgan fingerprint density at radius 2 is 2.13 bits per heavy atom. The molecule has 3 heterocycles. The summed E-state index contributed by atoms with van der Waals surface area (Å²) in [7, 11) is 0. The van der Waals surface area contributed by atoms with Crippen LogP contribution in [0, 0.1) is 0 Å². The number of nitrogens with zero attached hydrogens (tertiary/aromatic N) is 4. The Morgan fingerprint density at radius 3 is 2.94 bits per heavy atom. The minimum atomic E-state index is -0.279. The Hall–Kier alpha value is -3.39. The van der Waals surface area contributed by atoms with E-state index in [1.807, 2.05) is 25.1 Å². The molecular formula is C23H27N5O3. The van der Waals surface area contributed by atoms with Crippen molar-refractivity contribution < 1.29 is 13.9 Å². The third-order valence-corrected chi connectivity index (χ3v) is 5.35. The highest BCUT2D eigenvalue weighted by atomic mass is 16.5. The number of benzene rings is 1. The summed E-state index contributed by atoms with van der Waals surface area (Å²) < 4.78 is 13.1. The van der Waals surface area contributed by atoms with Crippen molar-refractivity contribution in [3.63, 3.8) is 0 Å². The van der Waals surface area contributed by atoms with E-state index in [2.05, 4.69) is 37.6 Å². The zero-order chi connectivity index (χ0) is 21.6. The lowest BCUT2D eigenvalue weighted by Crippen LogP contribution is -2.30. The first kappa shape index (κ1) is 20.9. The van der Waals surface area contributed by atoms with Crippen molar-refractivity contribution in [2.24, 2.45) is 0 Å². The molecule has 0 spiro atoms. The lowest BCUT2D eigenvalue weighted by atomic mass is 10.2. The van der Waals surface area contributed by atoms with Gasteiger partial charge in [-0.25, -0.2) is 0 Å². The molecule has 0 saturated heterocycles. The average Bonchev–Trinajstić information content (AvgIpc) is 3.41. The van der Waals surface area contributed by atoms with E-state index in [0.717, 1.165) is 55.6 Å². The molecule has 1 N–H and O–H groups in total. The third kappa shape index (κ3) is 4.86. The van der Waals surface area contributed by atoms with E-state index in [0.29, 0.717) is 6.61 Å². The number of hydrogen-bond acceptors (Lipinski definition) is 6. The van der Waals surface area contributed by atoms with Crippen LogP contribution < -0.4 is 10.1 Å². The van der Waals surface area contributed by atoms with Crippen molar-refractivity contribution in [3.8, 4) is 5.75 Å². The fourth-order valence-corrected chi connectivity index (χ4v) is 3.77. The average molecular weight is 422 g/mol. The van der Waals surface area contributed by atoms with Gasteiger partial charge in [0.15, 0.2) is 11.6 Å². The Labute approximate surface area is 181 Å². The molecule has 1 aliphatic heterocycles. The minimum absolute atomic E-state index is 0.263. The smallest absolute Gasteiger partial charge is 0.287 e. The number of nitrogens with one attached hydrogen (secondary N) is 1. The standard InChI is InChI=1S/C23H27N5O3/c1-3-14-30-19-8-5-4-7-18(19)16-27-11-10-21-25-26-22(28(21)13-12-27)17(2)24-23(29)20-9-6-15-31-20/h3-9,15,17H,1,10-14,16H2,2H3,(H,24,29)/t17-/m0/s1. The summed E-state index contributed by atoms with van der Waals surface area (Å²) in [6, 6.07) is 11.2. The molecule has 0 fully saturated rings. The normalized spacial score (nSPS) is 15.0. The molecule has 8 heteroatoms. The van der Waals surface area contributed by atoms with Crippen LogP contribution >= 0.6 is 0 Å². The molecule has 3 aromatic rings. The quantitative estimate of drug-likeness (QED) is 0.563. The molecule has 0 aliphatic carbocycles. The Morgan fingerprint density at radius 1 is 1.26 bits per heavy atom. The monoisotopic (exact) mass is 421 g/mol. The van der Waals surface area contributed by atoms with Crippen LogP contribution in [0.25, 0.3) is 0 Å². The summed E-state index contributed by atoms with van der Waals surface area (Å²) in [5.74, 6) is 2.60. The van der Waals surface area contributed by atoms with Gasteiger partial charge in [-0.15, -0.1) is 10.2 Å². The van der Waals surface area contributed by atoms with E-state index in [-0.39, 0.29) is 17.7 Å². The SMILES string of the molecule is C=CCOc1ccccc1CN1CCc2nnc([C@H](C)NC(=O)c3ccco3)n2CC1. The second kappa shape index (κ2) is 9.61. The molecule has 0 unspecified atom stereocenters. The molecule has 2 aromatic heterocycles. The van der Waals surface area contributed by atoms with Crippen LogP contribution in [0.2, 0.25) is 0 Å². The van der Waals surface area contributed by atoms with Crippen molar-refractivity contribution in [2.45, 2.75) is 32.5 Å². The first-order chi connectivity index (χ1) is 15.2. The van der Waals surface area contributed by atoms with Gasteiger partial charge in [-0.3, -0.25) is 9.69 Å². The summed E-state index contributed by atoms with van der Waals surface area (Å²) in [4.78, 5) is 14.7. The summed E-state index contributed by atoms with van der Waals surface area (Å²) in [5, 5.41) is 11.7. The van der Waals surface area contributed by atoms with Gasteiger partial charge in [0.1, 0.15) is 18.2 Å². The highest BCUT2D eigenvalue weighted by Crippen LogP contribution is 2.22. The first-order valence-corrected chi connectivity index (χ1v) is 10.5. The number of fused-ring (bicyclic) bond motifs is 1. The van der Waals surface area contributed by atoms with Crippen molar-refractivity contribution in [2.75, 3.05) is 19.7 Å². The van der Waals surface area contributed by atoms with Crippen LogP contribution in [0.4, 0.5) is 0 Å². The molecule has 162 valence electrons. The maximum absolute atomic E-state index is 12.3. The number of amides is 1. The molecule has 8 nitrogen and oxygen atoms in total. The fraction of sp³-hybridized carbons (Fsp3) is 0.348. The van der Waals surface area contributed by atoms with Gasteiger partial charge in [-0.2, -0.15) is 0 Å². The van der Waals surface area contributed by atoms with Crippen molar-refractivity contribution >= 4 is 5.91 Å². The molecule has 1 amide bonds. The third-order valence-electron chi connectivity index (χ3n) is 5.35. The second-order valence-corrected chi connectivity index (χ2v) is 7.53. The Balaban J connectivity index is 1.41. The Kier molecular flexibility index (Phi) is 6.47. The van der Waals surface area contributed by atoms with E-state index >= 15 is 0 Å². The van der Waals surface area contributed by atoms with Gasteiger partial charge in [0.05, 0.1) is 12.3 Å². The molecule has 1 aliphatic rings. The van der Waals surface area contributed by atoms with Crippen LogP contribution in [0.3, 0.4) is 0 Å². The fourth-order valence-electron chi connectivity index (χ4n) is 3.77. The largest absolute Gasteiger partial charge is 0.489 e. The van der Waals surface area contributed by atoms with Gasteiger partial charge in [0.25, 0.3) is 5.91 Å². The van der Waals surface area contributed by atoms with Gasteiger partial charge in [-0.1, -0.05) is 30.9 Å². The van der Waals surface area contributed by atoms with Gasteiger partial charge in [0.2, 0.25) is 0 Å². The van der Waals surface area contributed by atoms with Gasteiger partial charge in [-0.05, 0) is 25.1 Å². The number of rotatable bonds is 8. The predicted molar refractivity (Wildman–Crippen MR) is 116 cm³/mol. The summed E-state index contributed by atoms with van der Waals surface area (Å²) >= 11 is 0. The molecule has 1 aromatic carbocycles. The molecule has 0 bridgehead atoms. The van der Waals surface area contributed by atoms with Gasteiger partial charge >= 0.3 is 0 Å². The van der Waals surface area contributed by atoms with E-state index in [1.54, 1.807) is 18.2 Å². The predicted octanol–water partition coefficient (Wildman–Crippen LogP) is 2.99. The highest BCUT2D eigenvalue weighted by molar-refractivity contribution is 5.91. The lowest BCUT2D eigenvalue weighted by Gasteiger charge is -2.21. The molecular weight excluding hydrogens is 394 g/mol. The van der Waals surface area contributed by atoms with Crippen LogP contribution in [0.5, 0.6) is 5.75 Å². The molecule has 31 heavy (non-hydrogen) atoms. The van der Waals surface area contributed by atoms with Gasteiger partial charge < -0.3 is 19.0 Å². The molecule has 0 radical (unpaired) electrons. The van der Waals surface area contributed by atoms with Crippen LogP contribution in [-0.4, -0.2) is 45.3 Å². The van der Waals surface area contributed by atoms with Crippen LogP contribution in [-0.2, 0) is 19.5 Å². The van der Waals surface area contributed by atoms with Crippen LogP contribution in [0.15, 0.2) is 59.7 Å². The van der Waals surface area contributed by atoms with Crippen molar-refractivity contribution in [1.29, 1.82) is 0 Å². The van der Waals surface area contributed by atoms with Crippen molar-refractivity contribution in [3.05, 3.63) is 78.3 Å². The number of carbonyl (C=O) groups excluding carboxylic acids is 1. The minimum Gasteiger partial charge on any atom is -0.489 e. The van der Waals surface area contributed by atoms with Gasteiger partial charge in [0, 0.05) is 38.2 Å². The molecule has 0 saturated carbocycles. The molecule has 1 atom stereocenters. The number of carbonyl (C=O) groups is 1. The summed E-state index contributed by atoms with van der Waals surface area (Å²) in [6.07, 6.45) is 4.03. The van der Waals surface area contributed by atoms with E-state index in [4.69, 9.17) is 9.15 Å². The lowest BCUT2D eigenvalue weighted by molar-refractivity contribution is 0.0909. The number of ether oxygens (including phenoxy) is 1. The first-order valence-electron chi connectivity index (χ1n) is 10.5. The van der Waals surface area contributed by atoms with Crippen LogP contribution in [0.1, 0.15) is 40.7 Å². The number of aromatic nitrogens is 3. The zero-order valence-corrected chi connectivity index (χ0v) is 17.7. The topological polar surface area (TPSA) is 85.4 Å².